The van der Waals surface area contributed by atoms with Gasteiger partial charge >= 0.3 is 0 Å². The van der Waals surface area contributed by atoms with E-state index in [-0.39, 0.29) is 12.0 Å². The number of anilines is 1. The van der Waals surface area contributed by atoms with Gasteiger partial charge in [0.1, 0.15) is 0 Å². The maximum absolute atomic E-state index is 11.5. The Morgan fingerprint density at radius 1 is 1.33 bits per heavy atom. The Balaban J connectivity index is 1.66. The molecule has 4 heteroatoms. The number of amides is 1. The molecule has 2 unspecified atom stereocenters. The standard InChI is InChI=1S/C17H24N2O2/c1-2-16(20)12-3-6-14(7-4-12)19-10-9-15-13(11-19)5-8-17(21)18-15/h3-4,6-7,13,15-16,20H,2,5,8-11H2,1H3,(H,18,21)/t13?,15?,16-/m1/s1. The zero-order chi connectivity index (χ0) is 14.8. The van der Waals surface area contributed by atoms with Gasteiger partial charge < -0.3 is 15.3 Å². The molecule has 1 aromatic carbocycles. The lowest BCUT2D eigenvalue weighted by molar-refractivity contribution is -0.124. The second-order valence-corrected chi connectivity index (χ2v) is 6.22. The summed E-state index contributed by atoms with van der Waals surface area (Å²) in [5.74, 6) is 0.778. The minimum atomic E-state index is -0.363. The van der Waals surface area contributed by atoms with Crippen molar-refractivity contribution in [3.05, 3.63) is 29.8 Å². The fourth-order valence-corrected chi connectivity index (χ4v) is 3.49. The summed E-state index contributed by atoms with van der Waals surface area (Å²) in [4.78, 5) is 13.9. The van der Waals surface area contributed by atoms with E-state index < -0.39 is 0 Å². The number of aliphatic hydroxyl groups excluding tert-OH is 1. The molecular formula is C17H24N2O2. The van der Waals surface area contributed by atoms with Gasteiger partial charge in [0.05, 0.1) is 6.10 Å². The fraction of sp³-hybridized carbons (Fsp3) is 0.588. The average Bonchev–Trinajstić information content (AvgIpc) is 2.53. The number of nitrogens with one attached hydrogen (secondary N) is 1. The largest absolute Gasteiger partial charge is 0.388 e. The van der Waals surface area contributed by atoms with Crippen molar-refractivity contribution in [1.82, 2.24) is 5.32 Å². The minimum absolute atomic E-state index is 0.211. The number of benzene rings is 1. The molecule has 2 aliphatic rings. The third-order valence-electron chi connectivity index (χ3n) is 4.85. The molecule has 0 aromatic heterocycles. The van der Waals surface area contributed by atoms with E-state index in [1.54, 1.807) is 0 Å². The van der Waals surface area contributed by atoms with Crippen molar-refractivity contribution in [2.45, 2.75) is 44.8 Å². The Labute approximate surface area is 126 Å². The summed E-state index contributed by atoms with van der Waals surface area (Å²) in [6, 6.07) is 8.63. The van der Waals surface area contributed by atoms with Crippen molar-refractivity contribution in [2.75, 3.05) is 18.0 Å². The molecule has 1 aromatic rings. The molecule has 114 valence electrons. The smallest absolute Gasteiger partial charge is 0.220 e. The molecule has 2 fully saturated rings. The van der Waals surface area contributed by atoms with E-state index in [4.69, 9.17) is 0 Å². The summed E-state index contributed by atoms with van der Waals surface area (Å²) in [6.45, 7) is 3.98. The monoisotopic (exact) mass is 288 g/mol. The normalized spacial score (nSPS) is 27.0. The van der Waals surface area contributed by atoms with Gasteiger partial charge in [-0.25, -0.2) is 0 Å². The molecule has 0 aliphatic carbocycles. The number of rotatable bonds is 3. The Hall–Kier alpha value is -1.55. The van der Waals surface area contributed by atoms with Crippen LogP contribution < -0.4 is 10.2 Å². The number of fused-ring (bicyclic) bond motifs is 1. The van der Waals surface area contributed by atoms with Gasteiger partial charge in [0.25, 0.3) is 0 Å². The van der Waals surface area contributed by atoms with Crippen molar-refractivity contribution in [1.29, 1.82) is 0 Å². The fourth-order valence-electron chi connectivity index (χ4n) is 3.49. The highest BCUT2D eigenvalue weighted by Crippen LogP contribution is 2.29. The molecule has 2 N–H and O–H groups in total. The first-order valence-electron chi connectivity index (χ1n) is 7.99. The number of piperidine rings is 2. The van der Waals surface area contributed by atoms with Crippen LogP contribution in [-0.4, -0.2) is 30.1 Å². The van der Waals surface area contributed by atoms with Crippen LogP contribution in [0.1, 0.15) is 44.3 Å². The van der Waals surface area contributed by atoms with Gasteiger partial charge in [-0.3, -0.25) is 4.79 Å². The molecule has 0 saturated carbocycles. The molecule has 0 bridgehead atoms. The van der Waals surface area contributed by atoms with E-state index in [0.717, 1.165) is 37.9 Å². The molecule has 2 saturated heterocycles. The molecule has 3 rings (SSSR count). The SMILES string of the molecule is CC[C@@H](O)c1ccc(N2CCC3NC(=O)CCC3C2)cc1. The quantitative estimate of drug-likeness (QED) is 0.897. The van der Waals surface area contributed by atoms with Crippen molar-refractivity contribution in [2.24, 2.45) is 5.92 Å². The van der Waals surface area contributed by atoms with Crippen LogP contribution in [0.3, 0.4) is 0 Å². The number of carbonyl (C=O) groups excluding carboxylic acids is 1. The summed E-state index contributed by atoms with van der Waals surface area (Å²) < 4.78 is 0. The van der Waals surface area contributed by atoms with E-state index in [1.165, 1.54) is 5.69 Å². The number of hydrogen-bond acceptors (Lipinski definition) is 3. The van der Waals surface area contributed by atoms with Gasteiger partial charge in [-0.05, 0) is 42.9 Å². The van der Waals surface area contributed by atoms with Crippen LogP contribution in [0.15, 0.2) is 24.3 Å². The van der Waals surface area contributed by atoms with Crippen molar-refractivity contribution in [3.8, 4) is 0 Å². The van der Waals surface area contributed by atoms with E-state index in [1.807, 2.05) is 19.1 Å². The van der Waals surface area contributed by atoms with Crippen molar-refractivity contribution in [3.63, 3.8) is 0 Å². The summed E-state index contributed by atoms with van der Waals surface area (Å²) >= 11 is 0. The molecule has 3 atom stereocenters. The zero-order valence-electron chi connectivity index (χ0n) is 12.6. The minimum Gasteiger partial charge on any atom is -0.388 e. The molecule has 1 amide bonds. The molecule has 0 radical (unpaired) electrons. The van der Waals surface area contributed by atoms with E-state index in [0.29, 0.717) is 18.4 Å². The number of hydrogen-bond donors (Lipinski definition) is 2. The summed E-state index contributed by atoms with van der Waals surface area (Å²) in [5, 5.41) is 13.0. The first-order valence-corrected chi connectivity index (χ1v) is 7.99. The zero-order valence-corrected chi connectivity index (χ0v) is 12.6. The lowest BCUT2D eigenvalue weighted by atomic mass is 9.85. The third kappa shape index (κ3) is 3.05. The number of aliphatic hydroxyl groups is 1. The Kier molecular flexibility index (Phi) is 4.15. The summed E-state index contributed by atoms with van der Waals surface area (Å²) in [7, 11) is 0. The van der Waals surface area contributed by atoms with E-state index >= 15 is 0 Å². The first-order chi connectivity index (χ1) is 10.2. The molecule has 21 heavy (non-hydrogen) atoms. The van der Waals surface area contributed by atoms with Gasteiger partial charge in [0, 0.05) is 31.2 Å². The van der Waals surface area contributed by atoms with E-state index in [9.17, 15) is 9.90 Å². The summed E-state index contributed by atoms with van der Waals surface area (Å²) in [6.07, 6.45) is 3.07. The Bertz CT molecular complexity index is 500. The lowest BCUT2D eigenvalue weighted by Crippen LogP contribution is -2.54. The Morgan fingerprint density at radius 2 is 2.10 bits per heavy atom. The van der Waals surface area contributed by atoms with Gasteiger partial charge in [-0.2, -0.15) is 0 Å². The highest BCUT2D eigenvalue weighted by atomic mass is 16.3. The summed E-state index contributed by atoms with van der Waals surface area (Å²) in [5.41, 5.74) is 2.21. The predicted octanol–water partition coefficient (Wildman–Crippen LogP) is 2.23. The Morgan fingerprint density at radius 3 is 2.81 bits per heavy atom. The van der Waals surface area contributed by atoms with Crippen LogP contribution in [0.2, 0.25) is 0 Å². The highest BCUT2D eigenvalue weighted by molar-refractivity contribution is 5.77. The van der Waals surface area contributed by atoms with Crippen LogP contribution in [0.4, 0.5) is 5.69 Å². The van der Waals surface area contributed by atoms with Crippen LogP contribution in [0, 0.1) is 5.92 Å². The second-order valence-electron chi connectivity index (χ2n) is 6.22. The molecule has 4 nitrogen and oxygen atoms in total. The molecular weight excluding hydrogens is 264 g/mol. The third-order valence-corrected chi connectivity index (χ3v) is 4.85. The topological polar surface area (TPSA) is 52.6 Å². The van der Waals surface area contributed by atoms with Crippen LogP contribution >= 0.6 is 0 Å². The maximum atomic E-state index is 11.5. The lowest BCUT2D eigenvalue weighted by Gasteiger charge is -2.42. The van der Waals surface area contributed by atoms with Gasteiger partial charge in [-0.15, -0.1) is 0 Å². The second kappa shape index (κ2) is 6.06. The number of carbonyl (C=O) groups is 1. The maximum Gasteiger partial charge on any atom is 0.220 e. The van der Waals surface area contributed by atoms with Crippen molar-refractivity contribution < 1.29 is 9.90 Å². The molecule has 2 aliphatic heterocycles. The number of nitrogens with zero attached hydrogens (tertiary/aromatic N) is 1. The van der Waals surface area contributed by atoms with E-state index in [2.05, 4.69) is 22.3 Å². The predicted molar refractivity (Wildman–Crippen MR) is 83.2 cm³/mol. The van der Waals surface area contributed by atoms with Gasteiger partial charge in [-0.1, -0.05) is 19.1 Å². The van der Waals surface area contributed by atoms with Crippen LogP contribution in [0.5, 0.6) is 0 Å². The van der Waals surface area contributed by atoms with Gasteiger partial charge in [0.2, 0.25) is 5.91 Å². The van der Waals surface area contributed by atoms with Crippen molar-refractivity contribution >= 4 is 11.6 Å². The molecule has 2 heterocycles. The average molecular weight is 288 g/mol. The van der Waals surface area contributed by atoms with Gasteiger partial charge in [0.15, 0.2) is 0 Å². The first kappa shape index (κ1) is 14.4. The van der Waals surface area contributed by atoms with Crippen LogP contribution in [0.25, 0.3) is 0 Å². The molecule has 0 spiro atoms. The van der Waals surface area contributed by atoms with Crippen LogP contribution in [-0.2, 0) is 4.79 Å². The highest BCUT2D eigenvalue weighted by Gasteiger charge is 2.33.